The van der Waals surface area contributed by atoms with Gasteiger partial charge in [-0.2, -0.15) is 4.72 Å². The van der Waals surface area contributed by atoms with Crippen LogP contribution < -0.4 is 14.8 Å². The number of aromatic nitrogens is 1. The average molecular weight is 476 g/mol. The Labute approximate surface area is 183 Å². The summed E-state index contributed by atoms with van der Waals surface area (Å²) < 4.78 is 37.0. The van der Waals surface area contributed by atoms with Crippen molar-refractivity contribution in [1.29, 1.82) is 0 Å². The number of carbonyl (C=O) groups excluding carboxylic acids is 2. The zero-order valence-corrected chi connectivity index (χ0v) is 18.5. The molecule has 0 aliphatic rings. The van der Waals surface area contributed by atoms with Crippen LogP contribution in [0.3, 0.4) is 0 Å². The van der Waals surface area contributed by atoms with E-state index in [0.717, 1.165) is 0 Å². The lowest BCUT2D eigenvalue weighted by Crippen LogP contribution is -2.42. The number of hydrogen-bond acceptors (Lipinski definition) is 7. The minimum absolute atomic E-state index is 0.0437. The lowest BCUT2D eigenvalue weighted by molar-refractivity contribution is -0.154. The van der Waals surface area contributed by atoms with Crippen molar-refractivity contribution in [2.45, 2.75) is 30.9 Å². The van der Waals surface area contributed by atoms with Gasteiger partial charge in [-0.3, -0.25) is 9.59 Å². The van der Waals surface area contributed by atoms with Gasteiger partial charge in [-0.1, -0.05) is 23.2 Å². The molecule has 162 valence electrons. The molecule has 0 bridgehead atoms. The molecule has 2 aromatic rings. The number of carbonyl (C=O) groups is 2. The molecule has 2 N–H and O–H groups in total. The molecule has 0 saturated carbocycles. The van der Waals surface area contributed by atoms with Crippen molar-refractivity contribution in [3.8, 4) is 5.75 Å². The van der Waals surface area contributed by atoms with Gasteiger partial charge in [0.2, 0.25) is 10.0 Å². The summed E-state index contributed by atoms with van der Waals surface area (Å²) in [5, 5.41) is 2.79. The topological polar surface area (TPSA) is 124 Å². The number of amides is 1. The third-order valence-corrected chi connectivity index (χ3v) is 5.82. The van der Waals surface area contributed by atoms with E-state index in [1.54, 1.807) is 0 Å². The first-order valence-electron chi connectivity index (χ1n) is 8.52. The van der Waals surface area contributed by atoms with Gasteiger partial charge in [-0.15, -0.1) is 0 Å². The van der Waals surface area contributed by atoms with Crippen LogP contribution in [0.25, 0.3) is 0 Å². The molecule has 0 fully saturated rings. The second-order valence-electron chi connectivity index (χ2n) is 6.07. The number of hydrogen-bond donors (Lipinski definition) is 2. The van der Waals surface area contributed by atoms with Gasteiger partial charge >= 0.3 is 5.97 Å². The number of sulfonamides is 1. The maximum atomic E-state index is 12.4. The van der Waals surface area contributed by atoms with E-state index in [0.29, 0.717) is 5.75 Å². The minimum Gasteiger partial charge on any atom is -0.497 e. The van der Waals surface area contributed by atoms with Gasteiger partial charge in [-0.05, 0) is 44.2 Å². The first kappa shape index (κ1) is 23.9. The molecule has 0 spiro atoms. The van der Waals surface area contributed by atoms with Crippen molar-refractivity contribution in [1.82, 2.24) is 9.71 Å². The lowest BCUT2D eigenvalue weighted by atomic mass is 10.3. The fourth-order valence-electron chi connectivity index (χ4n) is 2.16. The number of methoxy groups -OCH3 is 1. The van der Waals surface area contributed by atoms with Gasteiger partial charge in [0.25, 0.3) is 5.91 Å². The van der Waals surface area contributed by atoms with Crippen LogP contribution in [-0.4, -0.2) is 44.5 Å². The molecule has 1 aromatic heterocycles. The van der Waals surface area contributed by atoms with Gasteiger partial charge in [-0.25, -0.2) is 13.4 Å². The monoisotopic (exact) mass is 475 g/mol. The highest BCUT2D eigenvalue weighted by molar-refractivity contribution is 7.89. The van der Waals surface area contributed by atoms with E-state index in [1.807, 2.05) is 0 Å². The van der Waals surface area contributed by atoms with Crippen molar-refractivity contribution in [3.63, 3.8) is 0 Å². The molecule has 0 aliphatic heterocycles. The molecule has 0 aliphatic carbocycles. The Balaban J connectivity index is 1.97. The molecule has 1 heterocycles. The van der Waals surface area contributed by atoms with Gasteiger partial charge in [0.15, 0.2) is 11.9 Å². The Bertz CT molecular complexity index is 1030. The Morgan fingerprint density at radius 2 is 1.77 bits per heavy atom. The Morgan fingerprint density at radius 1 is 1.13 bits per heavy atom. The quantitative estimate of drug-likeness (QED) is 0.562. The van der Waals surface area contributed by atoms with E-state index in [2.05, 4.69) is 15.0 Å². The Kier molecular flexibility index (Phi) is 8.02. The van der Waals surface area contributed by atoms with E-state index in [9.17, 15) is 18.0 Å². The van der Waals surface area contributed by atoms with Gasteiger partial charge in [0.1, 0.15) is 11.8 Å². The Morgan fingerprint density at radius 3 is 2.33 bits per heavy atom. The van der Waals surface area contributed by atoms with Crippen LogP contribution in [0.4, 0.5) is 5.82 Å². The minimum atomic E-state index is -3.99. The highest BCUT2D eigenvalue weighted by Gasteiger charge is 2.27. The van der Waals surface area contributed by atoms with Crippen LogP contribution in [0, 0.1) is 0 Å². The zero-order valence-electron chi connectivity index (χ0n) is 16.2. The summed E-state index contributed by atoms with van der Waals surface area (Å²) in [6.45, 7) is 2.62. The number of rotatable bonds is 8. The number of esters is 1. The summed E-state index contributed by atoms with van der Waals surface area (Å²) in [4.78, 5) is 28.2. The SMILES string of the molecule is COc1ccc(S(=O)(=O)N[C@@H](C)C(=O)O[C@H](C)C(=O)Nc2ncc(Cl)cc2Cl)cc1. The van der Waals surface area contributed by atoms with E-state index in [-0.39, 0.29) is 20.8 Å². The van der Waals surface area contributed by atoms with E-state index in [1.165, 1.54) is 57.5 Å². The largest absolute Gasteiger partial charge is 0.497 e. The third-order valence-electron chi connectivity index (χ3n) is 3.77. The first-order chi connectivity index (χ1) is 14.0. The molecule has 0 radical (unpaired) electrons. The van der Waals surface area contributed by atoms with Crippen LogP contribution in [0.1, 0.15) is 13.8 Å². The summed E-state index contributed by atoms with van der Waals surface area (Å²) >= 11 is 11.7. The molecule has 2 rings (SSSR count). The van der Waals surface area contributed by atoms with E-state index in [4.69, 9.17) is 32.7 Å². The zero-order chi connectivity index (χ0) is 22.5. The molecule has 1 amide bonds. The van der Waals surface area contributed by atoms with Crippen molar-refractivity contribution in [2.24, 2.45) is 0 Å². The number of benzene rings is 1. The molecule has 1 aromatic carbocycles. The molecule has 2 atom stereocenters. The smallest absolute Gasteiger partial charge is 0.324 e. The van der Waals surface area contributed by atoms with Gasteiger partial charge in [0, 0.05) is 6.20 Å². The second kappa shape index (κ2) is 10.1. The summed E-state index contributed by atoms with van der Waals surface area (Å²) in [6.07, 6.45) is 0.0504. The van der Waals surface area contributed by atoms with Crippen molar-refractivity contribution in [2.75, 3.05) is 12.4 Å². The normalized spacial score (nSPS) is 13.2. The fourth-order valence-corrected chi connectivity index (χ4v) is 3.78. The maximum Gasteiger partial charge on any atom is 0.324 e. The standard InChI is InChI=1S/C18H19Cl2N3O6S/c1-10(23-30(26,27)14-6-4-13(28-3)5-7-14)18(25)29-11(2)17(24)22-16-15(20)8-12(19)9-21-16/h4-11,23H,1-3H3,(H,21,22,24)/t10-,11+/m0/s1. The molecule has 9 nitrogen and oxygen atoms in total. The van der Waals surface area contributed by atoms with Crippen LogP contribution in [0.2, 0.25) is 10.0 Å². The first-order valence-corrected chi connectivity index (χ1v) is 10.8. The summed E-state index contributed by atoms with van der Waals surface area (Å²) in [5.74, 6) is -1.12. The van der Waals surface area contributed by atoms with Crippen molar-refractivity contribution < 1.29 is 27.5 Å². The number of nitrogens with one attached hydrogen (secondary N) is 2. The number of pyridine rings is 1. The van der Waals surface area contributed by atoms with Crippen LogP contribution in [0.15, 0.2) is 41.4 Å². The van der Waals surface area contributed by atoms with Gasteiger partial charge < -0.3 is 14.8 Å². The van der Waals surface area contributed by atoms with Crippen LogP contribution in [-0.2, 0) is 24.3 Å². The highest BCUT2D eigenvalue weighted by atomic mass is 35.5. The predicted molar refractivity (Wildman–Crippen MR) is 111 cm³/mol. The summed E-state index contributed by atoms with van der Waals surface area (Å²) in [6, 6.07) is 5.75. The number of halogens is 2. The molecule has 0 saturated heterocycles. The predicted octanol–water partition coefficient (Wildman–Crippen LogP) is 2.63. The number of nitrogens with zero attached hydrogens (tertiary/aromatic N) is 1. The third kappa shape index (κ3) is 6.30. The number of anilines is 1. The van der Waals surface area contributed by atoms with Gasteiger partial charge in [0.05, 0.1) is 22.1 Å². The molecule has 0 unspecified atom stereocenters. The van der Waals surface area contributed by atoms with Crippen molar-refractivity contribution in [3.05, 3.63) is 46.6 Å². The summed E-state index contributed by atoms with van der Waals surface area (Å²) in [5.41, 5.74) is 0. The van der Waals surface area contributed by atoms with E-state index >= 15 is 0 Å². The molecule has 30 heavy (non-hydrogen) atoms. The highest BCUT2D eigenvalue weighted by Crippen LogP contribution is 2.22. The average Bonchev–Trinajstić information content (AvgIpc) is 2.69. The van der Waals surface area contributed by atoms with E-state index < -0.39 is 34.0 Å². The molecular weight excluding hydrogens is 457 g/mol. The Hall–Kier alpha value is -2.40. The van der Waals surface area contributed by atoms with Crippen LogP contribution in [0.5, 0.6) is 5.75 Å². The summed E-state index contributed by atoms with van der Waals surface area (Å²) in [7, 11) is -2.54. The molecular formula is C18H19Cl2N3O6S. The second-order valence-corrected chi connectivity index (χ2v) is 8.63. The van der Waals surface area contributed by atoms with Crippen molar-refractivity contribution >= 4 is 50.9 Å². The molecule has 12 heteroatoms. The maximum absolute atomic E-state index is 12.4. The number of ether oxygens (including phenoxy) is 2. The fraction of sp³-hybridized carbons (Fsp3) is 0.278. The lowest BCUT2D eigenvalue weighted by Gasteiger charge is -2.18. The van der Waals surface area contributed by atoms with Crippen LogP contribution >= 0.6 is 23.2 Å².